The van der Waals surface area contributed by atoms with E-state index in [0.717, 1.165) is 6.42 Å². The molecule has 16 heavy (non-hydrogen) atoms. The number of likely N-dealkylation sites (tertiary alicyclic amines) is 1. The highest BCUT2D eigenvalue weighted by Gasteiger charge is 2.29. The van der Waals surface area contributed by atoms with Gasteiger partial charge in [0, 0.05) is 20.2 Å². The summed E-state index contributed by atoms with van der Waals surface area (Å²) in [4.78, 5) is 24.6. The molecule has 3 N–H and O–H groups in total. The second kappa shape index (κ2) is 5.76. The van der Waals surface area contributed by atoms with Crippen LogP contribution in [0.3, 0.4) is 0 Å². The van der Waals surface area contributed by atoms with Crippen LogP contribution in [-0.4, -0.2) is 54.6 Å². The van der Waals surface area contributed by atoms with Crippen LogP contribution in [0.4, 0.5) is 0 Å². The maximum Gasteiger partial charge on any atom is 0.311 e. The Hall–Kier alpha value is -1.21. The van der Waals surface area contributed by atoms with Gasteiger partial charge in [-0.3, -0.25) is 9.59 Å². The van der Waals surface area contributed by atoms with Crippen LogP contribution in [0.2, 0.25) is 0 Å². The highest BCUT2D eigenvalue weighted by atomic mass is 32.1. The van der Waals surface area contributed by atoms with Gasteiger partial charge in [0.2, 0.25) is 0 Å². The van der Waals surface area contributed by atoms with Gasteiger partial charge in [-0.2, -0.15) is 0 Å². The fourth-order valence-corrected chi connectivity index (χ4v) is 1.56. The first-order chi connectivity index (χ1) is 7.54. The van der Waals surface area contributed by atoms with Crippen LogP contribution in [0.25, 0.3) is 0 Å². The predicted molar refractivity (Wildman–Crippen MR) is 61.8 cm³/mol. The molecule has 1 unspecified atom stereocenters. The second-order valence-corrected chi connectivity index (χ2v) is 4.07. The van der Waals surface area contributed by atoms with Crippen molar-refractivity contribution in [3.63, 3.8) is 0 Å². The average Bonchev–Trinajstić information content (AvgIpc) is 2.73. The molecule has 0 saturated carbocycles. The molecule has 0 aromatic rings. The van der Waals surface area contributed by atoms with Gasteiger partial charge >= 0.3 is 11.8 Å². The molecule has 1 saturated heterocycles. The third kappa shape index (κ3) is 3.42. The first kappa shape index (κ1) is 12.9. The van der Waals surface area contributed by atoms with Crippen molar-refractivity contribution in [1.82, 2.24) is 10.2 Å². The van der Waals surface area contributed by atoms with Crippen LogP contribution in [0.1, 0.15) is 6.42 Å². The zero-order valence-electron chi connectivity index (χ0n) is 9.06. The van der Waals surface area contributed by atoms with Crippen molar-refractivity contribution in [1.29, 1.82) is 0 Å². The van der Waals surface area contributed by atoms with Crippen molar-refractivity contribution in [2.45, 2.75) is 12.5 Å². The van der Waals surface area contributed by atoms with E-state index < -0.39 is 11.8 Å². The Morgan fingerprint density at radius 3 is 2.81 bits per heavy atom. The minimum Gasteiger partial charge on any atom is -0.392 e. The topological polar surface area (TPSA) is 84.7 Å². The lowest BCUT2D eigenvalue weighted by atomic mass is 10.3. The summed E-state index contributed by atoms with van der Waals surface area (Å²) < 4.78 is 5.10. The molecule has 1 aliphatic heterocycles. The largest absolute Gasteiger partial charge is 0.392 e. The van der Waals surface area contributed by atoms with Gasteiger partial charge in [0.1, 0.15) is 0 Å². The number of amides is 2. The number of carbonyl (C=O) groups is 2. The fourth-order valence-electron chi connectivity index (χ4n) is 1.49. The molecule has 1 heterocycles. The van der Waals surface area contributed by atoms with Crippen molar-refractivity contribution in [3.05, 3.63) is 0 Å². The summed E-state index contributed by atoms with van der Waals surface area (Å²) in [5.41, 5.74) is 5.21. The van der Waals surface area contributed by atoms with Gasteiger partial charge in [0.05, 0.1) is 17.6 Å². The Balaban J connectivity index is 2.40. The van der Waals surface area contributed by atoms with Crippen molar-refractivity contribution in [2.75, 3.05) is 26.7 Å². The number of thiocarbonyl (C=S) groups is 1. The molecule has 0 aromatic carbocycles. The summed E-state index contributed by atoms with van der Waals surface area (Å²) in [6, 6.07) is 0. The van der Waals surface area contributed by atoms with Gasteiger partial charge in [-0.1, -0.05) is 12.2 Å². The lowest BCUT2D eigenvalue weighted by molar-refractivity contribution is -0.145. The first-order valence-corrected chi connectivity index (χ1v) is 5.33. The molecular weight excluding hydrogens is 230 g/mol. The Labute approximate surface area is 99.1 Å². The van der Waals surface area contributed by atoms with Crippen molar-refractivity contribution in [2.24, 2.45) is 5.73 Å². The number of hydrogen-bond donors (Lipinski definition) is 2. The number of nitrogens with one attached hydrogen (secondary N) is 1. The zero-order valence-corrected chi connectivity index (χ0v) is 9.88. The number of ether oxygens (including phenoxy) is 1. The predicted octanol–water partition coefficient (Wildman–Crippen LogP) is -1.36. The van der Waals surface area contributed by atoms with Crippen molar-refractivity contribution in [3.8, 4) is 0 Å². The van der Waals surface area contributed by atoms with Gasteiger partial charge in [0.15, 0.2) is 0 Å². The molecule has 0 radical (unpaired) electrons. The molecule has 1 rings (SSSR count). The molecule has 6 nitrogen and oxygen atoms in total. The van der Waals surface area contributed by atoms with E-state index in [0.29, 0.717) is 13.1 Å². The lowest BCUT2D eigenvalue weighted by Crippen LogP contribution is -2.44. The maximum atomic E-state index is 11.6. The smallest absolute Gasteiger partial charge is 0.311 e. The van der Waals surface area contributed by atoms with E-state index in [9.17, 15) is 9.59 Å². The summed E-state index contributed by atoms with van der Waals surface area (Å²) in [6.45, 7) is 1.04. The average molecular weight is 245 g/mol. The third-order valence-corrected chi connectivity index (χ3v) is 2.53. The van der Waals surface area contributed by atoms with Gasteiger partial charge in [-0.05, 0) is 6.42 Å². The molecule has 7 heteroatoms. The van der Waals surface area contributed by atoms with Crippen LogP contribution in [0, 0.1) is 0 Å². The normalized spacial score (nSPS) is 19.6. The summed E-state index contributed by atoms with van der Waals surface area (Å²) in [5, 5.41) is 2.35. The first-order valence-electron chi connectivity index (χ1n) is 4.92. The molecule has 90 valence electrons. The van der Waals surface area contributed by atoms with Crippen LogP contribution in [0.5, 0.6) is 0 Å². The molecule has 1 aliphatic rings. The van der Waals surface area contributed by atoms with Crippen molar-refractivity contribution < 1.29 is 14.3 Å². The molecule has 0 spiro atoms. The molecule has 0 aliphatic carbocycles. The molecule has 1 fully saturated rings. The van der Waals surface area contributed by atoms with E-state index in [1.807, 2.05) is 0 Å². The Morgan fingerprint density at radius 2 is 2.31 bits per heavy atom. The van der Waals surface area contributed by atoms with Gasteiger partial charge in [-0.15, -0.1) is 0 Å². The number of hydrogen-bond acceptors (Lipinski definition) is 4. The third-order valence-electron chi connectivity index (χ3n) is 2.38. The Kier molecular flexibility index (Phi) is 4.63. The summed E-state index contributed by atoms with van der Waals surface area (Å²) in [6.07, 6.45) is 0.775. The highest BCUT2D eigenvalue weighted by molar-refractivity contribution is 7.80. The molecule has 1 atom stereocenters. The van der Waals surface area contributed by atoms with Crippen LogP contribution < -0.4 is 11.1 Å². The molecule has 0 aromatic heterocycles. The minimum absolute atomic E-state index is 0.0207. The summed E-state index contributed by atoms with van der Waals surface area (Å²) in [5.74, 6) is -1.24. The van der Waals surface area contributed by atoms with Gasteiger partial charge in [-0.25, -0.2) is 0 Å². The Bertz CT molecular complexity index is 308. The monoisotopic (exact) mass is 245 g/mol. The van der Waals surface area contributed by atoms with E-state index in [4.69, 9.17) is 10.5 Å². The molecule has 0 bridgehead atoms. The van der Waals surface area contributed by atoms with Gasteiger partial charge < -0.3 is 20.7 Å². The lowest BCUT2D eigenvalue weighted by Gasteiger charge is -2.15. The quantitative estimate of drug-likeness (QED) is 0.474. The highest BCUT2D eigenvalue weighted by Crippen LogP contribution is 2.11. The second-order valence-electron chi connectivity index (χ2n) is 3.55. The summed E-state index contributed by atoms with van der Waals surface area (Å²) >= 11 is 4.59. The number of carbonyl (C=O) groups excluding carboxylic acids is 2. The minimum atomic E-state index is -0.676. The summed E-state index contributed by atoms with van der Waals surface area (Å²) in [7, 11) is 1.59. The molecule has 2 amide bonds. The maximum absolute atomic E-state index is 11.6. The molecular formula is C9H15N3O3S. The van der Waals surface area contributed by atoms with Gasteiger partial charge in [0.25, 0.3) is 0 Å². The van der Waals surface area contributed by atoms with E-state index in [-0.39, 0.29) is 17.6 Å². The van der Waals surface area contributed by atoms with Crippen molar-refractivity contribution >= 4 is 29.0 Å². The number of nitrogens with two attached hydrogens (primary N) is 1. The van der Waals surface area contributed by atoms with E-state index in [1.165, 1.54) is 4.90 Å². The van der Waals surface area contributed by atoms with E-state index in [2.05, 4.69) is 17.5 Å². The van der Waals surface area contributed by atoms with Crippen LogP contribution in [-0.2, 0) is 14.3 Å². The van der Waals surface area contributed by atoms with E-state index in [1.54, 1.807) is 7.11 Å². The van der Waals surface area contributed by atoms with E-state index >= 15 is 0 Å². The standard InChI is InChI=1S/C9H15N3O3S/c1-15-6-2-3-12(5-6)9(14)8(13)11-4-7(10)16/h6H,2-5H2,1H3,(H2,10,16)(H,11,13). The number of nitrogens with zero attached hydrogens (tertiary/aromatic N) is 1. The SMILES string of the molecule is COC1CCN(C(=O)C(=O)NCC(N)=S)C1. The van der Waals surface area contributed by atoms with Crippen LogP contribution in [0.15, 0.2) is 0 Å². The number of rotatable bonds is 3. The zero-order chi connectivity index (χ0) is 12.1. The van der Waals surface area contributed by atoms with Crippen LogP contribution >= 0.6 is 12.2 Å². The number of methoxy groups -OCH3 is 1. The fraction of sp³-hybridized carbons (Fsp3) is 0.667. The Morgan fingerprint density at radius 1 is 1.62 bits per heavy atom.